The van der Waals surface area contributed by atoms with Crippen molar-refractivity contribution in [3.05, 3.63) is 0 Å². The SMILES string of the molecule is CC(Br)CCCC(Br)C(=O)O. The molecule has 0 aliphatic heterocycles. The molecule has 0 aliphatic carbocycles. The maximum Gasteiger partial charge on any atom is 0.317 e. The Morgan fingerprint density at radius 3 is 2.36 bits per heavy atom. The summed E-state index contributed by atoms with van der Waals surface area (Å²) in [4.78, 5) is 10.4. The fraction of sp³-hybridized carbons (Fsp3) is 0.857. The third-order valence-corrected chi connectivity index (χ3v) is 2.63. The number of carboxylic acid groups (broad SMARTS) is 1. The van der Waals surface area contributed by atoms with E-state index in [-0.39, 0.29) is 4.83 Å². The molecule has 2 atom stereocenters. The highest BCUT2D eigenvalue weighted by molar-refractivity contribution is 9.10. The lowest BCUT2D eigenvalue weighted by Gasteiger charge is -2.04. The lowest BCUT2D eigenvalue weighted by Crippen LogP contribution is -2.12. The second-order valence-electron chi connectivity index (χ2n) is 2.52. The molecule has 0 fully saturated rings. The van der Waals surface area contributed by atoms with Gasteiger partial charge in [-0.15, -0.1) is 0 Å². The molecule has 0 aliphatic rings. The molecule has 0 amide bonds. The largest absolute Gasteiger partial charge is 0.480 e. The van der Waals surface area contributed by atoms with Gasteiger partial charge >= 0.3 is 5.97 Å². The molecule has 11 heavy (non-hydrogen) atoms. The first-order valence-corrected chi connectivity index (χ1v) is 5.38. The van der Waals surface area contributed by atoms with E-state index in [2.05, 4.69) is 38.8 Å². The Hall–Kier alpha value is 0.430. The Kier molecular flexibility index (Phi) is 6.24. The van der Waals surface area contributed by atoms with E-state index >= 15 is 0 Å². The van der Waals surface area contributed by atoms with Crippen molar-refractivity contribution in [2.45, 2.75) is 35.8 Å². The van der Waals surface area contributed by atoms with Crippen LogP contribution in [0.2, 0.25) is 0 Å². The smallest absolute Gasteiger partial charge is 0.317 e. The second kappa shape index (κ2) is 6.00. The summed E-state index contributed by atoms with van der Waals surface area (Å²) in [6.45, 7) is 2.06. The summed E-state index contributed by atoms with van der Waals surface area (Å²) in [6, 6.07) is 0. The second-order valence-corrected chi connectivity index (χ2v) is 5.19. The van der Waals surface area contributed by atoms with E-state index in [0.717, 1.165) is 12.8 Å². The van der Waals surface area contributed by atoms with Crippen molar-refractivity contribution in [2.24, 2.45) is 0 Å². The molecule has 0 aromatic carbocycles. The Labute approximate surface area is 83.6 Å². The van der Waals surface area contributed by atoms with Crippen LogP contribution in [0.5, 0.6) is 0 Å². The molecule has 0 rings (SSSR count). The normalized spacial score (nSPS) is 15.9. The molecule has 0 aromatic rings. The first-order chi connectivity index (χ1) is 5.04. The molecule has 2 unspecified atom stereocenters. The van der Waals surface area contributed by atoms with Crippen molar-refractivity contribution in [1.29, 1.82) is 0 Å². The Bertz CT molecular complexity index is 126. The monoisotopic (exact) mass is 286 g/mol. The van der Waals surface area contributed by atoms with Crippen molar-refractivity contribution in [1.82, 2.24) is 0 Å². The lowest BCUT2D eigenvalue weighted by molar-refractivity contribution is -0.136. The molecule has 0 saturated heterocycles. The summed E-state index contributed by atoms with van der Waals surface area (Å²) in [5, 5.41) is 8.49. The van der Waals surface area contributed by atoms with Crippen LogP contribution in [0.25, 0.3) is 0 Å². The minimum absolute atomic E-state index is 0.381. The summed E-state index contributed by atoms with van der Waals surface area (Å²) >= 11 is 6.48. The van der Waals surface area contributed by atoms with Gasteiger partial charge in [0.15, 0.2) is 0 Å². The van der Waals surface area contributed by atoms with Crippen molar-refractivity contribution >= 4 is 37.8 Å². The highest BCUT2D eigenvalue weighted by atomic mass is 79.9. The van der Waals surface area contributed by atoms with Crippen molar-refractivity contribution < 1.29 is 9.90 Å². The highest BCUT2D eigenvalue weighted by Gasteiger charge is 2.11. The molecule has 0 bridgehead atoms. The summed E-state index contributed by atoms with van der Waals surface area (Å²) in [7, 11) is 0. The number of rotatable bonds is 5. The van der Waals surface area contributed by atoms with E-state index in [1.54, 1.807) is 0 Å². The van der Waals surface area contributed by atoms with Crippen LogP contribution in [-0.4, -0.2) is 20.7 Å². The molecule has 2 nitrogen and oxygen atoms in total. The Balaban J connectivity index is 3.31. The Morgan fingerprint density at radius 2 is 2.00 bits per heavy atom. The molecule has 66 valence electrons. The molecular formula is C7H12Br2O2. The third-order valence-electron chi connectivity index (χ3n) is 1.33. The number of hydrogen-bond acceptors (Lipinski definition) is 1. The quantitative estimate of drug-likeness (QED) is 0.790. The standard InChI is InChI=1S/C7H12Br2O2/c1-5(8)3-2-4-6(9)7(10)11/h5-6H,2-4H2,1H3,(H,10,11). The van der Waals surface area contributed by atoms with Crippen molar-refractivity contribution in [3.8, 4) is 0 Å². The number of carbonyl (C=O) groups is 1. The van der Waals surface area contributed by atoms with E-state index in [0.29, 0.717) is 11.2 Å². The van der Waals surface area contributed by atoms with Crippen LogP contribution < -0.4 is 0 Å². The van der Waals surface area contributed by atoms with E-state index in [1.165, 1.54) is 0 Å². The molecule has 4 heteroatoms. The fourth-order valence-corrected chi connectivity index (χ4v) is 1.35. The van der Waals surface area contributed by atoms with Gasteiger partial charge in [-0.1, -0.05) is 45.2 Å². The predicted octanol–water partition coefficient (Wildman–Crippen LogP) is 2.79. The molecule has 0 spiro atoms. The van der Waals surface area contributed by atoms with Gasteiger partial charge in [-0.3, -0.25) is 4.79 Å². The fourth-order valence-electron chi connectivity index (χ4n) is 0.702. The van der Waals surface area contributed by atoms with Gasteiger partial charge in [-0.2, -0.15) is 0 Å². The molecule has 0 radical (unpaired) electrons. The van der Waals surface area contributed by atoms with Crippen LogP contribution >= 0.6 is 31.9 Å². The zero-order valence-electron chi connectivity index (χ0n) is 6.39. The molecule has 0 saturated carbocycles. The van der Waals surface area contributed by atoms with Crippen LogP contribution in [0.3, 0.4) is 0 Å². The molecule has 0 heterocycles. The van der Waals surface area contributed by atoms with Crippen LogP contribution in [0.4, 0.5) is 0 Å². The first kappa shape index (κ1) is 11.4. The van der Waals surface area contributed by atoms with Gasteiger partial charge in [-0.05, 0) is 12.8 Å². The molecule has 1 N–H and O–H groups in total. The van der Waals surface area contributed by atoms with Crippen LogP contribution in [0.1, 0.15) is 26.2 Å². The van der Waals surface area contributed by atoms with E-state index in [1.807, 2.05) is 0 Å². The number of alkyl halides is 2. The maximum atomic E-state index is 10.3. The van der Waals surface area contributed by atoms with Gasteiger partial charge < -0.3 is 5.11 Å². The van der Waals surface area contributed by atoms with Gasteiger partial charge in [0.05, 0.1) is 0 Å². The summed E-state index contributed by atoms with van der Waals surface area (Å²) in [6.07, 6.45) is 2.66. The van der Waals surface area contributed by atoms with Crippen LogP contribution in [0, 0.1) is 0 Å². The minimum Gasteiger partial charge on any atom is -0.480 e. The predicted molar refractivity (Wildman–Crippen MR) is 52.6 cm³/mol. The number of halogens is 2. The average Bonchev–Trinajstić information content (AvgIpc) is 1.86. The lowest BCUT2D eigenvalue weighted by atomic mass is 10.1. The summed E-state index contributed by atoms with van der Waals surface area (Å²) in [5.74, 6) is -0.771. The van der Waals surface area contributed by atoms with Crippen LogP contribution in [-0.2, 0) is 4.79 Å². The minimum atomic E-state index is -0.771. The van der Waals surface area contributed by atoms with E-state index < -0.39 is 5.97 Å². The first-order valence-electron chi connectivity index (χ1n) is 3.55. The number of carboxylic acids is 1. The van der Waals surface area contributed by atoms with Crippen molar-refractivity contribution in [2.75, 3.05) is 0 Å². The number of aliphatic carboxylic acids is 1. The zero-order valence-corrected chi connectivity index (χ0v) is 9.56. The summed E-state index contributed by atoms with van der Waals surface area (Å²) in [5.41, 5.74) is 0. The molecule has 0 aromatic heterocycles. The van der Waals surface area contributed by atoms with Gasteiger partial charge in [0.25, 0.3) is 0 Å². The van der Waals surface area contributed by atoms with Gasteiger partial charge in [0.2, 0.25) is 0 Å². The van der Waals surface area contributed by atoms with Gasteiger partial charge in [-0.25, -0.2) is 0 Å². The highest BCUT2D eigenvalue weighted by Crippen LogP contribution is 2.14. The Morgan fingerprint density at radius 1 is 1.45 bits per heavy atom. The van der Waals surface area contributed by atoms with Crippen LogP contribution in [0.15, 0.2) is 0 Å². The topological polar surface area (TPSA) is 37.3 Å². The average molecular weight is 288 g/mol. The number of hydrogen-bond donors (Lipinski definition) is 1. The maximum absolute atomic E-state index is 10.3. The van der Waals surface area contributed by atoms with Gasteiger partial charge in [0, 0.05) is 4.83 Å². The zero-order chi connectivity index (χ0) is 8.85. The summed E-state index contributed by atoms with van der Waals surface area (Å²) < 4.78 is 0. The van der Waals surface area contributed by atoms with Gasteiger partial charge in [0.1, 0.15) is 4.83 Å². The van der Waals surface area contributed by atoms with E-state index in [9.17, 15) is 4.79 Å². The van der Waals surface area contributed by atoms with Crippen molar-refractivity contribution in [3.63, 3.8) is 0 Å². The molecular weight excluding hydrogens is 276 g/mol. The van der Waals surface area contributed by atoms with E-state index in [4.69, 9.17) is 5.11 Å². The third kappa shape index (κ3) is 6.81.